The molecule has 0 saturated carbocycles. The molecule has 1 fully saturated rings. The van der Waals surface area contributed by atoms with E-state index in [0.717, 1.165) is 4.31 Å². The Hall–Kier alpha value is -1.97. The number of aliphatic imine (C=N–C) groups is 1. The molecule has 1 saturated heterocycles. The number of hydrogen-bond donors (Lipinski definition) is 4. The second-order valence-electron chi connectivity index (χ2n) is 6.27. The Morgan fingerprint density at radius 1 is 1.46 bits per heavy atom. The Labute approximate surface area is 167 Å². The summed E-state index contributed by atoms with van der Waals surface area (Å²) in [6.45, 7) is -0.259. The van der Waals surface area contributed by atoms with Gasteiger partial charge in [0.1, 0.15) is 11.5 Å². The van der Waals surface area contributed by atoms with Gasteiger partial charge in [-0.1, -0.05) is 5.16 Å². The third-order valence-electron chi connectivity index (χ3n) is 4.16. The Balaban J connectivity index is 1.73. The van der Waals surface area contributed by atoms with E-state index in [1.165, 1.54) is 18.2 Å². The molecule has 3 rings (SSSR count). The van der Waals surface area contributed by atoms with Gasteiger partial charge in [-0.05, 0) is 52.1 Å². The number of β-amino-alcohol motifs (C(OH)–C–C–N with tert-alkyl or cyclic N) is 1. The van der Waals surface area contributed by atoms with Gasteiger partial charge >= 0.3 is 0 Å². The van der Waals surface area contributed by atoms with Crippen LogP contribution in [0.1, 0.15) is 17.8 Å². The predicted molar refractivity (Wildman–Crippen MR) is 97.5 cm³/mol. The van der Waals surface area contributed by atoms with Crippen LogP contribution in [0.4, 0.5) is 10.1 Å². The van der Waals surface area contributed by atoms with E-state index in [1.807, 2.05) is 5.48 Å². The summed E-state index contributed by atoms with van der Waals surface area (Å²) in [4.78, 5) is 4.13. The van der Waals surface area contributed by atoms with Crippen LogP contribution in [0.5, 0.6) is 0 Å². The van der Waals surface area contributed by atoms with Gasteiger partial charge in [0.05, 0.1) is 15.8 Å². The van der Waals surface area contributed by atoms with Crippen LogP contribution in [0, 0.1) is 5.82 Å². The van der Waals surface area contributed by atoms with Crippen LogP contribution in [0.25, 0.3) is 0 Å². The zero-order valence-corrected chi connectivity index (χ0v) is 16.6. The van der Waals surface area contributed by atoms with Crippen molar-refractivity contribution in [3.8, 4) is 0 Å². The van der Waals surface area contributed by atoms with Crippen LogP contribution in [-0.4, -0.2) is 57.9 Å². The quantitative estimate of drug-likeness (QED) is 0.259. The summed E-state index contributed by atoms with van der Waals surface area (Å²) in [5, 5.41) is 32.2. The number of benzene rings is 1. The molecule has 11 nitrogen and oxygen atoms in total. The molecule has 5 N–H and O–H groups in total. The molecule has 28 heavy (non-hydrogen) atoms. The topological polar surface area (TPSA) is 167 Å². The van der Waals surface area contributed by atoms with Crippen molar-refractivity contribution in [1.29, 1.82) is 0 Å². The Bertz CT molecular complexity index is 1010. The molecule has 152 valence electrons. The molecule has 1 aromatic heterocycles. The summed E-state index contributed by atoms with van der Waals surface area (Å²) in [6, 6.07) is 3.99. The van der Waals surface area contributed by atoms with Gasteiger partial charge in [-0.3, -0.25) is 10.7 Å². The molecule has 0 spiro atoms. The van der Waals surface area contributed by atoms with E-state index in [0.29, 0.717) is 5.69 Å². The SMILES string of the molecule is NS(=O)(=O)N1CC(O)(CCc2nonc2C(=Nc2ccc(F)c(Br)c2)NO)C1. The van der Waals surface area contributed by atoms with Crippen molar-refractivity contribution in [2.24, 2.45) is 10.1 Å². The molecule has 0 unspecified atom stereocenters. The number of aryl methyl sites for hydroxylation is 1. The van der Waals surface area contributed by atoms with Crippen molar-refractivity contribution in [3.05, 3.63) is 39.9 Å². The Kier molecular flexibility index (Phi) is 5.79. The van der Waals surface area contributed by atoms with Crippen molar-refractivity contribution in [2.75, 3.05) is 13.1 Å². The van der Waals surface area contributed by atoms with E-state index in [9.17, 15) is 23.1 Å². The number of hydrogen-bond acceptors (Lipinski definition) is 8. The third-order valence-corrected chi connectivity index (χ3v) is 5.74. The zero-order valence-electron chi connectivity index (χ0n) is 14.2. The molecule has 14 heteroatoms. The smallest absolute Gasteiger partial charge is 0.277 e. The van der Waals surface area contributed by atoms with Crippen molar-refractivity contribution < 1.29 is 27.8 Å². The van der Waals surface area contributed by atoms with Gasteiger partial charge in [0, 0.05) is 13.1 Å². The number of nitrogens with zero attached hydrogens (tertiary/aromatic N) is 4. The second-order valence-corrected chi connectivity index (χ2v) is 8.67. The lowest BCUT2D eigenvalue weighted by molar-refractivity contribution is -0.0648. The van der Waals surface area contributed by atoms with Gasteiger partial charge in [0.15, 0.2) is 11.5 Å². The number of aromatic nitrogens is 2. The maximum Gasteiger partial charge on any atom is 0.277 e. The number of nitrogens with two attached hydrogens (primary N) is 1. The van der Waals surface area contributed by atoms with E-state index in [1.54, 1.807) is 0 Å². The lowest BCUT2D eigenvalue weighted by Gasteiger charge is -2.44. The third kappa shape index (κ3) is 4.53. The van der Waals surface area contributed by atoms with E-state index < -0.39 is 21.6 Å². The molecule has 1 aromatic carbocycles. The van der Waals surface area contributed by atoms with Crippen LogP contribution in [0.15, 0.2) is 32.3 Å². The van der Waals surface area contributed by atoms with Crippen molar-refractivity contribution in [1.82, 2.24) is 20.1 Å². The number of halogens is 2. The highest BCUT2D eigenvalue weighted by atomic mass is 79.9. The number of nitrogens with one attached hydrogen (secondary N) is 1. The molecular weight excluding hydrogens is 463 g/mol. The second kappa shape index (κ2) is 7.81. The molecule has 0 atom stereocenters. The molecule has 1 aliphatic heterocycles. The monoisotopic (exact) mass is 478 g/mol. The van der Waals surface area contributed by atoms with Gasteiger partial charge in [0.25, 0.3) is 10.2 Å². The molecule has 0 bridgehead atoms. The first-order valence-corrected chi connectivity index (χ1v) is 10.2. The summed E-state index contributed by atoms with van der Waals surface area (Å²) >= 11 is 3.04. The molecule has 0 aliphatic carbocycles. The van der Waals surface area contributed by atoms with Crippen LogP contribution >= 0.6 is 15.9 Å². The van der Waals surface area contributed by atoms with E-state index in [4.69, 9.17) is 9.77 Å². The molecule has 0 radical (unpaired) electrons. The lowest BCUT2D eigenvalue weighted by atomic mass is 9.90. The van der Waals surface area contributed by atoms with E-state index >= 15 is 0 Å². The predicted octanol–water partition coefficient (Wildman–Crippen LogP) is 0.211. The van der Waals surface area contributed by atoms with Gasteiger partial charge in [-0.15, -0.1) is 0 Å². The number of rotatable bonds is 6. The highest BCUT2D eigenvalue weighted by Gasteiger charge is 2.45. The minimum atomic E-state index is -3.84. The van der Waals surface area contributed by atoms with Crippen molar-refractivity contribution in [2.45, 2.75) is 18.4 Å². The fourth-order valence-electron chi connectivity index (χ4n) is 2.66. The number of aliphatic hydroxyl groups is 1. The summed E-state index contributed by atoms with van der Waals surface area (Å²) in [5.74, 6) is -0.565. The maximum atomic E-state index is 13.3. The highest BCUT2D eigenvalue weighted by molar-refractivity contribution is 9.10. The highest BCUT2D eigenvalue weighted by Crippen LogP contribution is 2.28. The number of hydroxylamine groups is 1. The maximum absolute atomic E-state index is 13.3. The fourth-order valence-corrected chi connectivity index (χ4v) is 3.87. The average Bonchev–Trinajstić information content (AvgIpc) is 3.06. The van der Waals surface area contributed by atoms with Crippen LogP contribution in [0.3, 0.4) is 0 Å². The number of amidine groups is 1. The van der Waals surface area contributed by atoms with Crippen molar-refractivity contribution in [3.63, 3.8) is 0 Å². The van der Waals surface area contributed by atoms with Crippen LogP contribution < -0.4 is 10.6 Å². The molecule has 1 aliphatic rings. The first kappa shape index (κ1) is 20.8. The normalized spacial score (nSPS) is 17.4. The fraction of sp³-hybridized carbons (Fsp3) is 0.357. The van der Waals surface area contributed by atoms with E-state index in [2.05, 4.69) is 31.2 Å². The molecule has 2 heterocycles. The van der Waals surface area contributed by atoms with Gasteiger partial charge in [0.2, 0.25) is 0 Å². The Morgan fingerprint density at radius 3 is 2.79 bits per heavy atom. The Morgan fingerprint density at radius 2 is 2.18 bits per heavy atom. The lowest BCUT2D eigenvalue weighted by Crippen LogP contribution is -2.64. The zero-order chi connectivity index (χ0) is 20.5. The van der Waals surface area contributed by atoms with E-state index in [-0.39, 0.29) is 47.6 Å². The van der Waals surface area contributed by atoms with Crippen LogP contribution in [-0.2, 0) is 16.6 Å². The first-order chi connectivity index (χ1) is 13.1. The van der Waals surface area contributed by atoms with Crippen LogP contribution in [0.2, 0.25) is 0 Å². The molecule has 2 aromatic rings. The summed E-state index contributed by atoms with van der Waals surface area (Å²) in [7, 11) is -3.84. The molecule has 0 amide bonds. The van der Waals surface area contributed by atoms with Crippen molar-refractivity contribution >= 4 is 37.7 Å². The summed E-state index contributed by atoms with van der Waals surface area (Å²) < 4.78 is 41.6. The van der Waals surface area contributed by atoms with Gasteiger partial charge < -0.3 is 5.11 Å². The summed E-state index contributed by atoms with van der Waals surface area (Å²) in [5.41, 5.74) is 1.33. The average molecular weight is 479 g/mol. The van der Waals surface area contributed by atoms with Gasteiger partial charge in [-0.25, -0.2) is 19.2 Å². The minimum absolute atomic E-state index is 0.0918. The first-order valence-electron chi connectivity index (χ1n) is 7.87. The standard InChI is InChI=1S/C14H16BrFN6O5S/c15-9-5-8(1-2-10(9)16)18-13(19-24)12-11(20-27-21-12)3-4-14(23)6-22(7-14)28(17,25)26/h1-2,5,23-24H,3-4,6-7H2,(H,18,19)(H2,17,25,26). The summed E-state index contributed by atoms with van der Waals surface area (Å²) in [6.07, 6.45) is 0.322. The largest absolute Gasteiger partial charge is 0.387 e. The minimum Gasteiger partial charge on any atom is -0.387 e. The van der Waals surface area contributed by atoms with Gasteiger partial charge in [-0.2, -0.15) is 12.7 Å². The molecular formula is C14H16BrFN6O5S.